The fourth-order valence-corrected chi connectivity index (χ4v) is 3.80. The number of nitrogens with two attached hydrogens (primary N) is 1. The zero-order valence-electron chi connectivity index (χ0n) is 14.7. The van der Waals surface area contributed by atoms with Gasteiger partial charge in [-0.25, -0.2) is 0 Å². The van der Waals surface area contributed by atoms with Crippen molar-refractivity contribution in [3.63, 3.8) is 0 Å². The highest BCUT2D eigenvalue weighted by atomic mass is 16.1. The SMILES string of the molecule is CC(C)C[C@H](CN)CC(=O)NC1CCCCC1C(C)(C)C. The van der Waals surface area contributed by atoms with E-state index < -0.39 is 0 Å². The van der Waals surface area contributed by atoms with Crippen LogP contribution in [0.3, 0.4) is 0 Å². The first-order valence-electron chi connectivity index (χ1n) is 8.73. The monoisotopic (exact) mass is 296 g/mol. The van der Waals surface area contributed by atoms with E-state index in [0.717, 1.165) is 12.8 Å². The van der Waals surface area contributed by atoms with Crippen molar-refractivity contribution in [3.8, 4) is 0 Å². The Morgan fingerprint density at radius 1 is 1.24 bits per heavy atom. The zero-order valence-corrected chi connectivity index (χ0v) is 14.7. The van der Waals surface area contributed by atoms with Crippen molar-refractivity contribution in [2.75, 3.05) is 6.54 Å². The predicted molar refractivity (Wildman–Crippen MR) is 90.0 cm³/mol. The van der Waals surface area contributed by atoms with Crippen molar-refractivity contribution in [2.45, 2.75) is 79.2 Å². The maximum absolute atomic E-state index is 12.4. The molecule has 1 rings (SSSR count). The molecule has 1 amide bonds. The Morgan fingerprint density at radius 2 is 1.86 bits per heavy atom. The van der Waals surface area contributed by atoms with Gasteiger partial charge < -0.3 is 11.1 Å². The van der Waals surface area contributed by atoms with Gasteiger partial charge in [0.1, 0.15) is 0 Å². The molecule has 1 fully saturated rings. The minimum Gasteiger partial charge on any atom is -0.353 e. The number of nitrogens with one attached hydrogen (secondary N) is 1. The molecular weight excluding hydrogens is 260 g/mol. The smallest absolute Gasteiger partial charge is 0.220 e. The highest BCUT2D eigenvalue weighted by Gasteiger charge is 2.35. The lowest BCUT2D eigenvalue weighted by atomic mass is 9.69. The molecule has 1 aliphatic carbocycles. The van der Waals surface area contributed by atoms with E-state index in [-0.39, 0.29) is 11.3 Å². The van der Waals surface area contributed by atoms with Gasteiger partial charge in [0, 0.05) is 12.5 Å². The van der Waals surface area contributed by atoms with Crippen molar-refractivity contribution in [1.29, 1.82) is 0 Å². The normalized spacial score (nSPS) is 24.9. The van der Waals surface area contributed by atoms with Crippen molar-refractivity contribution >= 4 is 5.91 Å². The predicted octanol–water partition coefficient (Wildman–Crippen LogP) is 3.72. The number of carbonyl (C=O) groups is 1. The van der Waals surface area contributed by atoms with Crippen LogP contribution in [0, 0.1) is 23.2 Å². The Morgan fingerprint density at radius 3 is 2.38 bits per heavy atom. The Kier molecular flexibility index (Phi) is 7.19. The Hall–Kier alpha value is -0.570. The number of rotatable bonds is 6. The largest absolute Gasteiger partial charge is 0.353 e. The molecule has 0 spiro atoms. The van der Waals surface area contributed by atoms with Gasteiger partial charge in [0.25, 0.3) is 0 Å². The van der Waals surface area contributed by atoms with Gasteiger partial charge in [-0.15, -0.1) is 0 Å². The summed E-state index contributed by atoms with van der Waals surface area (Å²) >= 11 is 0. The summed E-state index contributed by atoms with van der Waals surface area (Å²) in [6, 6.07) is 0.351. The van der Waals surface area contributed by atoms with Crippen molar-refractivity contribution in [1.82, 2.24) is 5.32 Å². The summed E-state index contributed by atoms with van der Waals surface area (Å²) < 4.78 is 0. The number of hydrogen-bond acceptors (Lipinski definition) is 2. The van der Waals surface area contributed by atoms with E-state index in [1.54, 1.807) is 0 Å². The minimum absolute atomic E-state index is 0.201. The molecule has 3 N–H and O–H groups in total. The summed E-state index contributed by atoms with van der Waals surface area (Å²) in [5.41, 5.74) is 6.09. The number of amides is 1. The van der Waals surface area contributed by atoms with Gasteiger partial charge in [-0.1, -0.05) is 47.5 Å². The van der Waals surface area contributed by atoms with Crippen LogP contribution >= 0.6 is 0 Å². The third-order valence-electron chi connectivity index (χ3n) is 4.84. The average molecular weight is 296 g/mol. The van der Waals surface area contributed by atoms with Gasteiger partial charge >= 0.3 is 0 Å². The molecule has 21 heavy (non-hydrogen) atoms. The van der Waals surface area contributed by atoms with Gasteiger partial charge in [0.2, 0.25) is 5.91 Å². The Balaban J connectivity index is 2.55. The van der Waals surface area contributed by atoms with E-state index in [0.29, 0.717) is 36.8 Å². The molecule has 1 aliphatic rings. The molecule has 1 saturated carbocycles. The molecule has 0 aromatic carbocycles. The van der Waals surface area contributed by atoms with Crippen LogP contribution < -0.4 is 11.1 Å². The van der Waals surface area contributed by atoms with Gasteiger partial charge in [-0.2, -0.15) is 0 Å². The quantitative estimate of drug-likeness (QED) is 0.785. The van der Waals surface area contributed by atoms with Gasteiger partial charge in [0.05, 0.1) is 0 Å². The molecule has 3 heteroatoms. The maximum Gasteiger partial charge on any atom is 0.220 e. The maximum atomic E-state index is 12.4. The molecule has 0 aromatic heterocycles. The molecule has 3 nitrogen and oxygen atoms in total. The molecule has 2 unspecified atom stereocenters. The van der Waals surface area contributed by atoms with Crippen molar-refractivity contribution < 1.29 is 4.79 Å². The van der Waals surface area contributed by atoms with Crippen LogP contribution in [0.1, 0.15) is 73.1 Å². The lowest BCUT2D eigenvalue weighted by molar-refractivity contribution is -0.123. The molecule has 0 heterocycles. The lowest BCUT2D eigenvalue weighted by Crippen LogP contribution is -2.47. The molecule has 0 aromatic rings. The van der Waals surface area contributed by atoms with E-state index >= 15 is 0 Å². The highest BCUT2D eigenvalue weighted by Crippen LogP contribution is 2.38. The molecule has 124 valence electrons. The molecule has 0 saturated heterocycles. The third kappa shape index (κ3) is 6.37. The first-order valence-corrected chi connectivity index (χ1v) is 8.73. The van der Waals surface area contributed by atoms with Gasteiger partial charge in [-0.3, -0.25) is 4.79 Å². The van der Waals surface area contributed by atoms with Crippen LogP contribution in [0.2, 0.25) is 0 Å². The Bertz CT molecular complexity index is 320. The molecule has 0 aliphatic heterocycles. The second-order valence-corrected chi connectivity index (χ2v) is 8.37. The van der Waals surface area contributed by atoms with Gasteiger partial charge in [0.15, 0.2) is 0 Å². The lowest BCUT2D eigenvalue weighted by Gasteiger charge is -2.41. The summed E-state index contributed by atoms with van der Waals surface area (Å²) in [6.45, 7) is 11.9. The summed E-state index contributed by atoms with van der Waals surface area (Å²) in [5.74, 6) is 1.72. The van der Waals surface area contributed by atoms with Crippen LogP contribution in [-0.2, 0) is 4.79 Å². The topological polar surface area (TPSA) is 55.1 Å². The van der Waals surface area contributed by atoms with E-state index in [4.69, 9.17) is 5.73 Å². The molecule has 3 atom stereocenters. The van der Waals surface area contributed by atoms with Crippen LogP contribution in [0.25, 0.3) is 0 Å². The second-order valence-electron chi connectivity index (χ2n) is 8.37. The van der Waals surface area contributed by atoms with E-state index in [1.807, 2.05) is 0 Å². The van der Waals surface area contributed by atoms with Gasteiger partial charge in [-0.05, 0) is 49.0 Å². The average Bonchev–Trinajstić information content (AvgIpc) is 2.36. The first-order chi connectivity index (χ1) is 9.74. The van der Waals surface area contributed by atoms with Crippen LogP contribution in [0.5, 0.6) is 0 Å². The van der Waals surface area contributed by atoms with E-state index in [2.05, 4.69) is 39.9 Å². The number of carbonyl (C=O) groups excluding carboxylic acids is 1. The molecular formula is C18H36N2O. The zero-order chi connectivity index (χ0) is 16.0. The third-order valence-corrected chi connectivity index (χ3v) is 4.84. The molecule has 0 bridgehead atoms. The van der Waals surface area contributed by atoms with Crippen molar-refractivity contribution in [2.24, 2.45) is 28.9 Å². The van der Waals surface area contributed by atoms with Crippen molar-refractivity contribution in [3.05, 3.63) is 0 Å². The fourth-order valence-electron chi connectivity index (χ4n) is 3.80. The van der Waals surface area contributed by atoms with E-state index in [1.165, 1.54) is 19.3 Å². The Labute approximate surface area is 131 Å². The standard InChI is InChI=1S/C18H36N2O/c1-13(2)10-14(12-19)11-17(21)20-16-9-7-6-8-15(16)18(3,4)5/h13-16H,6-12,19H2,1-5H3,(H,20,21)/t14-,15?,16?/m0/s1. The van der Waals surface area contributed by atoms with Crippen LogP contribution in [-0.4, -0.2) is 18.5 Å². The van der Waals surface area contributed by atoms with Crippen LogP contribution in [0.4, 0.5) is 0 Å². The summed E-state index contributed by atoms with van der Waals surface area (Å²) in [7, 11) is 0. The second kappa shape index (κ2) is 8.17. The first kappa shape index (κ1) is 18.5. The fraction of sp³-hybridized carbons (Fsp3) is 0.944. The summed E-state index contributed by atoms with van der Waals surface area (Å²) in [5, 5.41) is 3.32. The summed E-state index contributed by atoms with van der Waals surface area (Å²) in [4.78, 5) is 12.4. The molecule has 0 radical (unpaired) electrons. The van der Waals surface area contributed by atoms with Crippen LogP contribution in [0.15, 0.2) is 0 Å². The summed E-state index contributed by atoms with van der Waals surface area (Å²) in [6.07, 6.45) is 6.53. The number of hydrogen-bond donors (Lipinski definition) is 2. The van der Waals surface area contributed by atoms with E-state index in [9.17, 15) is 4.79 Å². The minimum atomic E-state index is 0.201. The highest BCUT2D eigenvalue weighted by molar-refractivity contribution is 5.76.